The Bertz CT molecular complexity index is 564. The van der Waals surface area contributed by atoms with Gasteiger partial charge in [0.05, 0.1) is 0 Å². The van der Waals surface area contributed by atoms with Crippen LogP contribution >= 0.6 is 0 Å². The summed E-state index contributed by atoms with van der Waals surface area (Å²) in [5.41, 5.74) is 7.13. The first-order valence-electron chi connectivity index (χ1n) is 4.11. The Morgan fingerprint density at radius 2 is 2.21 bits per heavy atom. The van der Waals surface area contributed by atoms with E-state index in [2.05, 4.69) is 15.0 Å². The summed E-state index contributed by atoms with van der Waals surface area (Å²) in [6, 6.07) is 5.74. The van der Waals surface area contributed by atoms with E-state index in [9.17, 15) is 0 Å². The lowest BCUT2D eigenvalue weighted by Gasteiger charge is -1.92. The second-order valence-corrected chi connectivity index (χ2v) is 2.91. The van der Waals surface area contributed by atoms with Crippen LogP contribution in [-0.2, 0) is 0 Å². The fraction of sp³-hybridized carbons (Fsp3) is 0. The fourth-order valence-electron chi connectivity index (χ4n) is 1.37. The Balaban J connectivity index is 2.51. The van der Waals surface area contributed by atoms with Crippen LogP contribution in [0.2, 0.25) is 0 Å². The summed E-state index contributed by atoms with van der Waals surface area (Å²) in [6.45, 7) is 0. The van der Waals surface area contributed by atoms with E-state index in [1.807, 2.05) is 18.2 Å². The summed E-state index contributed by atoms with van der Waals surface area (Å²) in [6.07, 6.45) is 1.68. The summed E-state index contributed by atoms with van der Waals surface area (Å²) >= 11 is 0. The summed E-state index contributed by atoms with van der Waals surface area (Å²) in [7, 11) is 0. The molecule has 0 radical (unpaired) electrons. The van der Waals surface area contributed by atoms with Crippen molar-refractivity contribution in [3.05, 3.63) is 24.4 Å². The molecule has 14 heavy (non-hydrogen) atoms. The smallest absolute Gasteiger partial charge is 0.294 e. The average molecular weight is 186 g/mol. The van der Waals surface area contributed by atoms with E-state index in [0.29, 0.717) is 16.9 Å². The largest absolute Gasteiger partial charge is 0.404 e. The molecule has 0 amide bonds. The highest BCUT2D eigenvalue weighted by Gasteiger charge is 2.05. The lowest BCUT2D eigenvalue weighted by Crippen LogP contribution is -1.82. The number of nitrogens with zero attached hydrogens (tertiary/aromatic N) is 3. The van der Waals surface area contributed by atoms with Crippen LogP contribution in [0.3, 0.4) is 0 Å². The van der Waals surface area contributed by atoms with Gasteiger partial charge in [0.2, 0.25) is 0 Å². The van der Waals surface area contributed by atoms with Crippen molar-refractivity contribution < 1.29 is 4.42 Å². The van der Waals surface area contributed by atoms with E-state index in [0.717, 1.165) is 5.39 Å². The molecule has 3 aromatic heterocycles. The normalized spacial score (nSPS) is 11.1. The predicted molar refractivity (Wildman–Crippen MR) is 51.5 cm³/mol. The number of anilines is 1. The van der Waals surface area contributed by atoms with E-state index in [1.54, 1.807) is 6.20 Å². The number of nitrogens with two attached hydrogens (primary N) is 1. The molecule has 0 spiro atoms. The molecule has 3 rings (SSSR count). The standard InChI is InChI=1S/C9H6N4O/c10-9-12-6-4-5-2-1-3-11-7(5)13-8(6)14-9/h1-4H,(H2,10,12). The third-order valence-corrected chi connectivity index (χ3v) is 1.97. The van der Waals surface area contributed by atoms with E-state index in [-0.39, 0.29) is 6.01 Å². The predicted octanol–water partition coefficient (Wildman–Crippen LogP) is 1.35. The van der Waals surface area contributed by atoms with Gasteiger partial charge < -0.3 is 10.2 Å². The number of nitrogen functional groups attached to an aromatic ring is 1. The third kappa shape index (κ3) is 0.922. The van der Waals surface area contributed by atoms with Gasteiger partial charge in [-0.3, -0.25) is 0 Å². The molecule has 0 saturated carbocycles. The van der Waals surface area contributed by atoms with Gasteiger partial charge in [0.15, 0.2) is 5.65 Å². The van der Waals surface area contributed by atoms with E-state index in [4.69, 9.17) is 10.2 Å². The van der Waals surface area contributed by atoms with Crippen molar-refractivity contribution in [3.8, 4) is 0 Å². The maximum atomic E-state index is 5.42. The number of hydrogen-bond donors (Lipinski definition) is 1. The van der Waals surface area contributed by atoms with Gasteiger partial charge in [0, 0.05) is 11.6 Å². The minimum Gasteiger partial charge on any atom is -0.404 e. The molecule has 0 aromatic carbocycles. The number of pyridine rings is 2. The van der Waals surface area contributed by atoms with Crippen molar-refractivity contribution in [2.75, 3.05) is 5.73 Å². The van der Waals surface area contributed by atoms with Crippen molar-refractivity contribution in [2.24, 2.45) is 0 Å². The molecule has 2 N–H and O–H groups in total. The Kier molecular flexibility index (Phi) is 1.25. The lowest BCUT2D eigenvalue weighted by atomic mass is 10.3. The third-order valence-electron chi connectivity index (χ3n) is 1.97. The zero-order chi connectivity index (χ0) is 9.54. The molecule has 0 aliphatic heterocycles. The van der Waals surface area contributed by atoms with E-state index in [1.165, 1.54) is 0 Å². The van der Waals surface area contributed by atoms with Gasteiger partial charge in [-0.15, -0.1) is 0 Å². The van der Waals surface area contributed by atoms with E-state index < -0.39 is 0 Å². The first-order valence-corrected chi connectivity index (χ1v) is 4.11. The molecule has 0 fully saturated rings. The van der Waals surface area contributed by atoms with Gasteiger partial charge in [0.25, 0.3) is 11.7 Å². The highest BCUT2D eigenvalue weighted by molar-refractivity contribution is 5.86. The molecule has 0 atom stereocenters. The quantitative estimate of drug-likeness (QED) is 0.573. The Hall–Kier alpha value is -2.17. The fourth-order valence-corrected chi connectivity index (χ4v) is 1.37. The SMILES string of the molecule is Nc1nc2cc3cccnc3nc2o1. The first-order chi connectivity index (χ1) is 6.83. The minimum absolute atomic E-state index is 0.128. The highest BCUT2D eigenvalue weighted by atomic mass is 16.4. The molecule has 0 saturated heterocycles. The first kappa shape index (κ1) is 7.25. The molecule has 3 aromatic rings. The summed E-state index contributed by atoms with van der Waals surface area (Å²) in [5, 5.41) is 0.924. The van der Waals surface area contributed by atoms with Crippen LogP contribution in [0.15, 0.2) is 28.8 Å². The van der Waals surface area contributed by atoms with Crippen molar-refractivity contribution >= 4 is 28.3 Å². The van der Waals surface area contributed by atoms with Gasteiger partial charge in [0.1, 0.15) is 5.52 Å². The molecule has 5 heteroatoms. The van der Waals surface area contributed by atoms with Crippen molar-refractivity contribution in [1.82, 2.24) is 15.0 Å². The van der Waals surface area contributed by atoms with Crippen molar-refractivity contribution in [2.45, 2.75) is 0 Å². The molecule has 0 aliphatic carbocycles. The number of fused-ring (bicyclic) bond motifs is 2. The number of rotatable bonds is 0. The van der Waals surface area contributed by atoms with Crippen molar-refractivity contribution in [1.29, 1.82) is 0 Å². The Morgan fingerprint density at radius 1 is 1.29 bits per heavy atom. The van der Waals surface area contributed by atoms with Gasteiger partial charge in [-0.25, -0.2) is 4.98 Å². The molecule has 0 aliphatic rings. The molecule has 0 bridgehead atoms. The zero-order valence-electron chi connectivity index (χ0n) is 7.14. The van der Waals surface area contributed by atoms with Gasteiger partial charge >= 0.3 is 0 Å². The molecule has 5 nitrogen and oxygen atoms in total. The lowest BCUT2D eigenvalue weighted by molar-refractivity contribution is 0.615. The molecular weight excluding hydrogens is 180 g/mol. The van der Waals surface area contributed by atoms with Crippen LogP contribution in [0.1, 0.15) is 0 Å². The Morgan fingerprint density at radius 3 is 3.14 bits per heavy atom. The number of hydrogen-bond acceptors (Lipinski definition) is 5. The summed E-state index contributed by atoms with van der Waals surface area (Å²) in [5.74, 6) is 0. The topological polar surface area (TPSA) is 77.8 Å². The van der Waals surface area contributed by atoms with Crippen LogP contribution in [-0.4, -0.2) is 15.0 Å². The van der Waals surface area contributed by atoms with Crippen LogP contribution in [0.25, 0.3) is 22.3 Å². The summed E-state index contributed by atoms with van der Waals surface area (Å²) < 4.78 is 5.09. The zero-order valence-corrected chi connectivity index (χ0v) is 7.14. The maximum Gasteiger partial charge on any atom is 0.294 e. The molecule has 3 heterocycles. The average Bonchev–Trinajstić information content (AvgIpc) is 2.53. The van der Waals surface area contributed by atoms with Gasteiger partial charge in [-0.05, 0) is 18.2 Å². The minimum atomic E-state index is 0.128. The second kappa shape index (κ2) is 2.41. The molecule has 0 unspecified atom stereocenters. The van der Waals surface area contributed by atoms with Gasteiger partial charge in [-0.2, -0.15) is 9.97 Å². The molecular formula is C9H6N4O. The Labute approximate surface area is 78.6 Å². The number of oxazole rings is 1. The monoisotopic (exact) mass is 186 g/mol. The van der Waals surface area contributed by atoms with E-state index >= 15 is 0 Å². The van der Waals surface area contributed by atoms with Crippen LogP contribution in [0.4, 0.5) is 6.01 Å². The van der Waals surface area contributed by atoms with Gasteiger partial charge in [-0.1, -0.05) is 0 Å². The van der Waals surface area contributed by atoms with Crippen molar-refractivity contribution in [3.63, 3.8) is 0 Å². The number of aromatic nitrogens is 3. The maximum absolute atomic E-state index is 5.42. The summed E-state index contributed by atoms with van der Waals surface area (Å²) in [4.78, 5) is 12.3. The van der Waals surface area contributed by atoms with Crippen LogP contribution in [0.5, 0.6) is 0 Å². The highest BCUT2D eigenvalue weighted by Crippen LogP contribution is 2.18. The second-order valence-electron chi connectivity index (χ2n) is 2.91. The van der Waals surface area contributed by atoms with Crippen LogP contribution < -0.4 is 5.73 Å². The molecule has 68 valence electrons. The van der Waals surface area contributed by atoms with Crippen LogP contribution in [0, 0.1) is 0 Å².